The minimum Gasteiger partial charge on any atom is -0.392 e. The van der Waals surface area contributed by atoms with Crippen LogP contribution in [-0.2, 0) is 50.9 Å². The first-order valence-corrected chi connectivity index (χ1v) is 16.0. The average molecular weight is 627 g/mol. The molecule has 2 aliphatic heterocycles. The highest BCUT2D eigenvalue weighted by atomic mass is 16.5. The number of hydrogen-bond acceptors (Lipinski definition) is 8. The van der Waals surface area contributed by atoms with Gasteiger partial charge in [-0.05, 0) is 54.5 Å². The van der Waals surface area contributed by atoms with Crippen LogP contribution in [0, 0.1) is 5.41 Å². The number of nitrogens with one attached hydrogen (secondary N) is 1. The number of anilines is 3. The molecule has 3 aliphatic rings. The summed E-state index contributed by atoms with van der Waals surface area (Å²) in [6.45, 7) is 10.5. The Bertz CT molecular complexity index is 1890. The number of aromatic nitrogens is 5. The minimum absolute atomic E-state index is 0.112. The van der Waals surface area contributed by atoms with Crippen LogP contribution in [0.1, 0.15) is 53.8 Å². The number of nitrogens with zero attached hydrogens (tertiary/aromatic N) is 7. The van der Waals surface area contributed by atoms with Crippen molar-refractivity contribution in [3.8, 4) is 11.1 Å². The predicted molar refractivity (Wildman–Crippen MR) is 175 cm³/mol. The van der Waals surface area contributed by atoms with Gasteiger partial charge in [-0.1, -0.05) is 13.8 Å². The van der Waals surface area contributed by atoms with Gasteiger partial charge in [0.25, 0.3) is 11.5 Å². The number of carbonyl (C=O) groups excluding carboxylic acids is 1. The molecule has 0 aromatic carbocycles. The lowest BCUT2D eigenvalue weighted by Crippen LogP contribution is -2.41. The van der Waals surface area contributed by atoms with E-state index in [1.165, 1.54) is 15.8 Å². The molecule has 1 atom stereocenters. The van der Waals surface area contributed by atoms with Gasteiger partial charge in [0, 0.05) is 81.7 Å². The Balaban J connectivity index is 1.18. The highest BCUT2D eigenvalue weighted by Gasteiger charge is 2.37. The van der Waals surface area contributed by atoms with E-state index in [2.05, 4.69) is 40.5 Å². The van der Waals surface area contributed by atoms with E-state index in [-0.39, 0.29) is 23.5 Å². The van der Waals surface area contributed by atoms with Crippen LogP contribution in [-0.4, -0.2) is 72.7 Å². The van der Waals surface area contributed by atoms with E-state index in [0.29, 0.717) is 59.9 Å². The number of carbonyl (C=O) groups is 1. The fourth-order valence-corrected chi connectivity index (χ4v) is 7.41. The summed E-state index contributed by atoms with van der Waals surface area (Å²) in [6, 6.07) is 7.91. The van der Waals surface area contributed by atoms with Crippen LogP contribution in [0.5, 0.6) is 0 Å². The van der Waals surface area contributed by atoms with Gasteiger partial charge in [0.1, 0.15) is 17.2 Å². The highest BCUT2D eigenvalue weighted by molar-refractivity contribution is 6.06. The number of pyridine rings is 2. The summed E-state index contributed by atoms with van der Waals surface area (Å²) in [5.41, 5.74) is 6.59. The van der Waals surface area contributed by atoms with Crippen molar-refractivity contribution in [2.75, 3.05) is 37.0 Å². The molecule has 12 heteroatoms. The highest BCUT2D eigenvalue weighted by Crippen LogP contribution is 2.40. The van der Waals surface area contributed by atoms with Crippen LogP contribution >= 0.6 is 0 Å². The Morgan fingerprint density at radius 3 is 2.72 bits per heavy atom. The number of fused-ring (bicyclic) bond motifs is 4. The monoisotopic (exact) mass is 626 g/mol. The lowest BCUT2D eigenvalue weighted by Gasteiger charge is -2.32. The Kier molecular flexibility index (Phi) is 7.61. The molecule has 12 nitrogen and oxygen atoms in total. The molecule has 7 rings (SSSR count). The van der Waals surface area contributed by atoms with E-state index < -0.39 is 0 Å². The second kappa shape index (κ2) is 11.5. The molecule has 242 valence electrons. The maximum absolute atomic E-state index is 13.8. The van der Waals surface area contributed by atoms with Gasteiger partial charge < -0.3 is 24.3 Å². The maximum atomic E-state index is 13.8. The molecule has 46 heavy (non-hydrogen) atoms. The summed E-state index contributed by atoms with van der Waals surface area (Å²) in [5.74, 6) is 0.926. The van der Waals surface area contributed by atoms with Crippen molar-refractivity contribution in [3.63, 3.8) is 0 Å². The number of aliphatic hydroxyl groups is 1. The van der Waals surface area contributed by atoms with Crippen LogP contribution in [0.3, 0.4) is 0 Å². The van der Waals surface area contributed by atoms with Crippen molar-refractivity contribution >= 4 is 23.2 Å². The molecule has 4 aromatic heterocycles. The summed E-state index contributed by atoms with van der Waals surface area (Å²) >= 11 is 0. The van der Waals surface area contributed by atoms with E-state index in [0.717, 1.165) is 43.7 Å². The number of methoxy groups -OCH3 is 1. The molecule has 0 unspecified atom stereocenters. The molecule has 0 saturated heterocycles. The smallest absolute Gasteiger partial charge is 0.276 e. The quantitative estimate of drug-likeness (QED) is 0.306. The zero-order valence-corrected chi connectivity index (χ0v) is 27.2. The zero-order valence-electron chi connectivity index (χ0n) is 27.2. The fraction of sp³-hybridized carbons (Fsp3) is 0.471. The van der Waals surface area contributed by atoms with E-state index in [1.807, 2.05) is 22.9 Å². The largest absolute Gasteiger partial charge is 0.392 e. The number of aliphatic hydroxyl groups excluding tert-OH is 1. The Labute approximate surface area is 268 Å². The van der Waals surface area contributed by atoms with Crippen LogP contribution in [0.15, 0.2) is 41.5 Å². The first-order valence-electron chi connectivity index (χ1n) is 16.0. The molecule has 2 N–H and O–H groups in total. The molecule has 0 saturated carbocycles. The van der Waals surface area contributed by atoms with E-state index in [1.54, 1.807) is 37.5 Å². The van der Waals surface area contributed by atoms with Gasteiger partial charge in [-0.15, -0.1) is 0 Å². The van der Waals surface area contributed by atoms with Crippen LogP contribution < -0.4 is 15.8 Å². The fourth-order valence-electron chi connectivity index (χ4n) is 7.41. The first-order chi connectivity index (χ1) is 22.1. The van der Waals surface area contributed by atoms with E-state index in [9.17, 15) is 14.7 Å². The van der Waals surface area contributed by atoms with Crippen molar-refractivity contribution in [1.29, 1.82) is 0 Å². The van der Waals surface area contributed by atoms with Crippen molar-refractivity contribution in [2.45, 2.75) is 65.9 Å². The third-order valence-electron chi connectivity index (χ3n) is 9.69. The predicted octanol–water partition coefficient (Wildman–Crippen LogP) is 3.32. The molecule has 1 amide bonds. The number of hydrogen-bond donors (Lipinski definition) is 2. The Morgan fingerprint density at radius 2 is 1.93 bits per heavy atom. The summed E-state index contributed by atoms with van der Waals surface area (Å²) < 4.78 is 11.0. The first kappa shape index (κ1) is 30.4. The van der Waals surface area contributed by atoms with Crippen molar-refractivity contribution in [3.05, 3.63) is 75.2 Å². The third kappa shape index (κ3) is 5.23. The molecular formula is C34H42N8O4. The molecule has 0 radical (unpaired) electrons. The number of ether oxygens (including phenoxy) is 1. The number of rotatable bonds is 8. The standard InChI is InChI=1S/C34H42N8O4/c1-21(20-46-5)39-8-11-42-24(18-39)14-30(37-42)36-27-12-23(17-38(4)32(27)44)25-6-7-35-31(26(25)19-43)41-10-9-40-28(33(41)45)13-22-15-34(2,3)16-29(22)40/h6-7,12-14,17,21,43H,8-11,15-16,18-20H2,1-5H3,(H,36,37)/t21-/m1/s1. The molecular weight excluding hydrogens is 584 g/mol. The second-order valence-electron chi connectivity index (χ2n) is 13.6. The van der Waals surface area contributed by atoms with Gasteiger partial charge in [0.15, 0.2) is 5.82 Å². The van der Waals surface area contributed by atoms with Crippen molar-refractivity contribution in [2.24, 2.45) is 12.5 Å². The summed E-state index contributed by atoms with van der Waals surface area (Å²) in [6.07, 6.45) is 5.32. The van der Waals surface area contributed by atoms with Gasteiger partial charge >= 0.3 is 0 Å². The van der Waals surface area contributed by atoms with Crippen LogP contribution in [0.2, 0.25) is 0 Å². The third-order valence-corrected chi connectivity index (χ3v) is 9.69. The lowest BCUT2D eigenvalue weighted by molar-refractivity contribution is 0.0797. The van der Waals surface area contributed by atoms with Crippen molar-refractivity contribution < 1.29 is 14.6 Å². The minimum atomic E-state index is -0.314. The Morgan fingerprint density at radius 1 is 1.11 bits per heavy atom. The van der Waals surface area contributed by atoms with Gasteiger partial charge in [-0.2, -0.15) is 5.10 Å². The molecule has 4 aromatic rings. The van der Waals surface area contributed by atoms with Crippen LogP contribution in [0.4, 0.5) is 17.3 Å². The molecule has 0 fully saturated rings. The average Bonchev–Trinajstić information content (AvgIpc) is 3.68. The van der Waals surface area contributed by atoms with Gasteiger partial charge in [-0.3, -0.25) is 24.1 Å². The van der Waals surface area contributed by atoms with Crippen LogP contribution in [0.25, 0.3) is 11.1 Å². The number of amides is 1. The maximum Gasteiger partial charge on any atom is 0.276 e. The zero-order chi connectivity index (χ0) is 32.3. The molecule has 6 heterocycles. The number of aryl methyl sites for hydroxylation is 1. The molecule has 1 aliphatic carbocycles. The van der Waals surface area contributed by atoms with E-state index >= 15 is 0 Å². The van der Waals surface area contributed by atoms with Gasteiger partial charge in [-0.25, -0.2) is 4.98 Å². The topological polar surface area (TPSA) is 123 Å². The van der Waals surface area contributed by atoms with Crippen molar-refractivity contribution in [1.82, 2.24) is 28.8 Å². The summed E-state index contributed by atoms with van der Waals surface area (Å²) in [5, 5.41) is 18.6. The SMILES string of the molecule is COC[C@@H](C)N1CCn2nc(Nc3cc(-c4ccnc(N5CCn6c(cc7c6CC(C)(C)C7)C5=O)c4CO)cn(C)c3=O)cc2C1. The Hall–Kier alpha value is -4.26. The summed E-state index contributed by atoms with van der Waals surface area (Å²) in [7, 11) is 3.42. The van der Waals surface area contributed by atoms with Gasteiger partial charge in [0.2, 0.25) is 0 Å². The van der Waals surface area contributed by atoms with Gasteiger partial charge in [0.05, 0.1) is 25.5 Å². The molecule has 0 bridgehead atoms. The summed E-state index contributed by atoms with van der Waals surface area (Å²) in [4.78, 5) is 35.7. The van der Waals surface area contributed by atoms with E-state index in [4.69, 9.17) is 9.84 Å². The molecule has 0 spiro atoms. The normalized spacial score (nSPS) is 18.0. The lowest BCUT2D eigenvalue weighted by atomic mass is 9.90. The second-order valence-corrected chi connectivity index (χ2v) is 13.6.